The van der Waals surface area contributed by atoms with Gasteiger partial charge in [0.2, 0.25) is 5.91 Å². The van der Waals surface area contributed by atoms with E-state index in [0.29, 0.717) is 11.6 Å². The maximum Gasteiger partial charge on any atom is 0.422 e. The lowest BCUT2D eigenvalue weighted by Crippen LogP contribution is -2.29. The Morgan fingerprint density at radius 1 is 1.29 bits per heavy atom. The number of ether oxygens (including phenoxy) is 1. The zero-order chi connectivity index (χ0) is 17.6. The van der Waals surface area contributed by atoms with E-state index in [0.717, 1.165) is 4.88 Å². The molecule has 2 aromatic rings. The molecule has 0 fully saturated rings. The largest absolute Gasteiger partial charge is 0.482 e. The molecule has 2 N–H and O–H groups in total. The molecule has 0 aliphatic rings. The summed E-state index contributed by atoms with van der Waals surface area (Å²) in [6, 6.07) is 7.90. The van der Waals surface area contributed by atoms with Crippen LogP contribution in [0.4, 0.5) is 18.9 Å². The molecule has 1 heterocycles. The van der Waals surface area contributed by atoms with Crippen LogP contribution in [0.3, 0.4) is 0 Å². The summed E-state index contributed by atoms with van der Waals surface area (Å²) >= 11 is 7.35. The fraction of sp³-hybridized carbons (Fsp3) is 0.267. The van der Waals surface area contributed by atoms with E-state index in [2.05, 4.69) is 10.6 Å². The van der Waals surface area contributed by atoms with Gasteiger partial charge in [0.15, 0.2) is 6.61 Å². The molecule has 9 heteroatoms. The highest BCUT2D eigenvalue weighted by Gasteiger charge is 2.28. The van der Waals surface area contributed by atoms with Crippen molar-refractivity contribution in [3.8, 4) is 5.75 Å². The van der Waals surface area contributed by atoms with Crippen LogP contribution < -0.4 is 15.4 Å². The molecule has 0 aliphatic carbocycles. The molecule has 1 aromatic carbocycles. The minimum absolute atomic E-state index is 0.0252. The predicted octanol–water partition coefficient (Wildman–Crippen LogP) is 4.07. The Kier molecular flexibility index (Phi) is 6.33. The van der Waals surface area contributed by atoms with Gasteiger partial charge in [-0.2, -0.15) is 13.2 Å². The first-order chi connectivity index (χ1) is 11.3. The number of hydrogen-bond donors (Lipinski definition) is 2. The maximum absolute atomic E-state index is 12.3. The van der Waals surface area contributed by atoms with Crippen LogP contribution in [-0.2, 0) is 11.3 Å². The molecule has 24 heavy (non-hydrogen) atoms. The van der Waals surface area contributed by atoms with E-state index in [1.807, 2.05) is 17.5 Å². The van der Waals surface area contributed by atoms with E-state index >= 15 is 0 Å². The van der Waals surface area contributed by atoms with Crippen LogP contribution in [0.2, 0.25) is 5.02 Å². The van der Waals surface area contributed by atoms with Gasteiger partial charge in [-0.1, -0.05) is 17.7 Å². The van der Waals surface area contributed by atoms with Crippen molar-refractivity contribution in [3.05, 3.63) is 45.6 Å². The number of anilines is 1. The molecule has 2 rings (SSSR count). The Morgan fingerprint density at radius 2 is 2.08 bits per heavy atom. The summed E-state index contributed by atoms with van der Waals surface area (Å²) < 4.78 is 41.5. The molecule has 1 amide bonds. The van der Waals surface area contributed by atoms with E-state index in [1.54, 1.807) is 0 Å². The lowest BCUT2D eigenvalue weighted by Gasteiger charge is -2.14. The molecular weight excluding hydrogens is 365 g/mol. The molecule has 0 saturated carbocycles. The van der Waals surface area contributed by atoms with E-state index < -0.39 is 12.8 Å². The van der Waals surface area contributed by atoms with E-state index in [4.69, 9.17) is 16.3 Å². The number of hydrogen-bond acceptors (Lipinski definition) is 4. The van der Waals surface area contributed by atoms with Crippen molar-refractivity contribution < 1.29 is 22.7 Å². The Hall–Kier alpha value is -1.93. The first kappa shape index (κ1) is 18.4. The molecule has 0 atom stereocenters. The van der Waals surface area contributed by atoms with Crippen LogP contribution >= 0.6 is 22.9 Å². The Labute approximate surface area is 145 Å². The van der Waals surface area contributed by atoms with Crippen molar-refractivity contribution in [2.45, 2.75) is 12.7 Å². The zero-order valence-electron chi connectivity index (χ0n) is 12.3. The summed E-state index contributed by atoms with van der Waals surface area (Å²) in [6.07, 6.45) is -4.45. The fourth-order valence-corrected chi connectivity index (χ4v) is 2.58. The van der Waals surface area contributed by atoms with Gasteiger partial charge in [-0.15, -0.1) is 11.3 Å². The summed E-state index contributed by atoms with van der Waals surface area (Å²) in [7, 11) is 0. The molecule has 0 spiro atoms. The van der Waals surface area contributed by atoms with Crippen molar-refractivity contribution in [2.24, 2.45) is 0 Å². The highest BCUT2D eigenvalue weighted by Crippen LogP contribution is 2.29. The number of nitrogens with one attached hydrogen (secondary N) is 2. The van der Waals surface area contributed by atoms with Crippen molar-refractivity contribution in [1.82, 2.24) is 5.32 Å². The maximum atomic E-state index is 12.3. The summed E-state index contributed by atoms with van der Waals surface area (Å²) in [4.78, 5) is 12.8. The zero-order valence-corrected chi connectivity index (χ0v) is 13.9. The molecule has 0 saturated heterocycles. The summed E-state index contributed by atoms with van der Waals surface area (Å²) in [5, 5.41) is 7.65. The van der Waals surface area contributed by atoms with Crippen molar-refractivity contribution in [3.63, 3.8) is 0 Å². The lowest BCUT2D eigenvalue weighted by molar-refractivity contribution is -0.153. The lowest BCUT2D eigenvalue weighted by atomic mass is 10.3. The van der Waals surface area contributed by atoms with Crippen LogP contribution in [0.1, 0.15) is 4.88 Å². The molecule has 0 bridgehead atoms. The number of carbonyl (C=O) groups excluding carboxylic acids is 1. The minimum atomic E-state index is -4.45. The molecule has 130 valence electrons. The number of amides is 1. The second-order valence-corrected chi connectivity index (χ2v) is 6.22. The van der Waals surface area contributed by atoms with Gasteiger partial charge in [0.1, 0.15) is 5.75 Å². The summed E-state index contributed by atoms with van der Waals surface area (Å²) in [5.41, 5.74) is 0.220. The van der Waals surface area contributed by atoms with Crippen LogP contribution in [0, 0.1) is 0 Å². The smallest absolute Gasteiger partial charge is 0.422 e. The van der Waals surface area contributed by atoms with Crippen LogP contribution in [-0.4, -0.2) is 25.2 Å². The van der Waals surface area contributed by atoms with Gasteiger partial charge in [0.05, 0.1) is 18.8 Å². The molecule has 4 nitrogen and oxygen atoms in total. The number of thiophene rings is 1. The number of carbonyl (C=O) groups is 1. The standard InChI is InChI=1S/C15H14ClF3N2O2S/c16-10-3-4-13(23-9-15(17,18)19)12(6-10)20-8-14(22)21-7-11-2-1-5-24-11/h1-6,20H,7-9H2,(H,21,22). The first-order valence-electron chi connectivity index (χ1n) is 6.85. The molecule has 0 aliphatic heterocycles. The normalized spacial score (nSPS) is 11.2. The number of halogens is 4. The molecule has 0 radical (unpaired) electrons. The van der Waals surface area contributed by atoms with Crippen molar-refractivity contribution in [2.75, 3.05) is 18.5 Å². The molecule has 1 aromatic heterocycles. The number of alkyl halides is 3. The summed E-state index contributed by atoms with van der Waals surface area (Å²) in [5.74, 6) is -0.326. The van der Waals surface area contributed by atoms with Gasteiger partial charge in [0, 0.05) is 9.90 Å². The van der Waals surface area contributed by atoms with Crippen molar-refractivity contribution in [1.29, 1.82) is 0 Å². The third-order valence-electron chi connectivity index (χ3n) is 2.81. The van der Waals surface area contributed by atoms with E-state index in [1.165, 1.54) is 29.5 Å². The van der Waals surface area contributed by atoms with Gasteiger partial charge >= 0.3 is 6.18 Å². The predicted molar refractivity (Wildman–Crippen MR) is 87.7 cm³/mol. The number of benzene rings is 1. The quantitative estimate of drug-likeness (QED) is 0.763. The second kappa shape index (κ2) is 8.25. The average molecular weight is 379 g/mol. The van der Waals surface area contributed by atoms with Gasteiger partial charge in [0.25, 0.3) is 0 Å². The van der Waals surface area contributed by atoms with Gasteiger partial charge in [-0.25, -0.2) is 0 Å². The topological polar surface area (TPSA) is 50.4 Å². The van der Waals surface area contributed by atoms with Gasteiger partial charge in [-0.3, -0.25) is 4.79 Å². The van der Waals surface area contributed by atoms with Crippen LogP contribution in [0.25, 0.3) is 0 Å². The van der Waals surface area contributed by atoms with E-state index in [-0.39, 0.29) is 23.9 Å². The summed E-state index contributed by atoms with van der Waals surface area (Å²) in [6.45, 7) is -1.15. The average Bonchev–Trinajstić information content (AvgIpc) is 3.02. The minimum Gasteiger partial charge on any atom is -0.482 e. The van der Waals surface area contributed by atoms with Gasteiger partial charge < -0.3 is 15.4 Å². The van der Waals surface area contributed by atoms with Crippen LogP contribution in [0.15, 0.2) is 35.7 Å². The molecule has 0 unspecified atom stereocenters. The Balaban J connectivity index is 1.90. The Bertz CT molecular complexity index is 678. The van der Waals surface area contributed by atoms with Gasteiger partial charge in [-0.05, 0) is 29.6 Å². The SMILES string of the molecule is O=C(CNc1cc(Cl)ccc1OCC(F)(F)F)NCc1cccs1. The highest BCUT2D eigenvalue weighted by atomic mass is 35.5. The highest BCUT2D eigenvalue weighted by molar-refractivity contribution is 7.09. The third kappa shape index (κ3) is 6.29. The Morgan fingerprint density at radius 3 is 2.75 bits per heavy atom. The van der Waals surface area contributed by atoms with Crippen LogP contribution in [0.5, 0.6) is 5.75 Å². The third-order valence-corrected chi connectivity index (χ3v) is 3.92. The number of rotatable bonds is 7. The van der Waals surface area contributed by atoms with Crippen molar-refractivity contribution >= 4 is 34.5 Å². The monoisotopic (exact) mass is 378 g/mol. The first-order valence-corrected chi connectivity index (χ1v) is 8.11. The second-order valence-electron chi connectivity index (χ2n) is 4.75. The molecular formula is C15H14ClF3N2O2S. The van der Waals surface area contributed by atoms with E-state index in [9.17, 15) is 18.0 Å². The fourth-order valence-electron chi connectivity index (χ4n) is 1.76.